The number of hydrogen-bond donors (Lipinski definition) is 1. The van der Waals surface area contributed by atoms with E-state index in [4.69, 9.17) is 9.47 Å². The average Bonchev–Trinajstić information content (AvgIpc) is 2.77. The summed E-state index contributed by atoms with van der Waals surface area (Å²) >= 11 is 0. The zero-order chi connectivity index (χ0) is 20.0. The molecule has 0 aliphatic carbocycles. The fourth-order valence-electron chi connectivity index (χ4n) is 4.71. The maximum Gasteiger partial charge on any atom is 0.161 e. The van der Waals surface area contributed by atoms with Crippen molar-refractivity contribution < 1.29 is 9.47 Å². The summed E-state index contributed by atoms with van der Waals surface area (Å²) in [4.78, 5) is 2.57. The summed E-state index contributed by atoms with van der Waals surface area (Å²) in [5.74, 6) is 1.59. The maximum absolute atomic E-state index is 5.64. The van der Waals surface area contributed by atoms with Crippen LogP contribution in [-0.4, -0.2) is 25.7 Å². The van der Waals surface area contributed by atoms with Crippen LogP contribution in [0.15, 0.2) is 60.7 Å². The highest BCUT2D eigenvalue weighted by Crippen LogP contribution is 2.48. The molecule has 2 aliphatic rings. The van der Waals surface area contributed by atoms with Gasteiger partial charge in [0.1, 0.15) is 6.17 Å². The molecule has 4 heteroatoms. The van der Waals surface area contributed by atoms with Gasteiger partial charge in [-0.05, 0) is 53.8 Å². The number of methoxy groups -OCH3 is 2. The Labute approximate surface area is 172 Å². The Morgan fingerprint density at radius 2 is 1.62 bits per heavy atom. The first-order chi connectivity index (χ1) is 14.2. The number of anilines is 1. The molecule has 0 unspecified atom stereocenters. The third-order valence-electron chi connectivity index (χ3n) is 6.18. The van der Waals surface area contributed by atoms with Crippen LogP contribution in [0.2, 0.25) is 0 Å². The first-order valence-corrected chi connectivity index (χ1v) is 10.1. The number of para-hydroxylation sites is 1. The van der Waals surface area contributed by atoms with Crippen LogP contribution in [0, 0.1) is 6.92 Å². The van der Waals surface area contributed by atoms with Crippen LogP contribution in [0.3, 0.4) is 0 Å². The molecule has 2 aliphatic heterocycles. The lowest BCUT2D eigenvalue weighted by atomic mass is 9.84. The summed E-state index contributed by atoms with van der Waals surface area (Å²) < 4.78 is 11.2. The van der Waals surface area contributed by atoms with Crippen molar-refractivity contribution in [1.29, 1.82) is 0 Å². The second kappa shape index (κ2) is 7.12. The van der Waals surface area contributed by atoms with Crippen LogP contribution >= 0.6 is 0 Å². The number of hydrogen-bond acceptors (Lipinski definition) is 4. The van der Waals surface area contributed by atoms with E-state index in [2.05, 4.69) is 77.8 Å². The molecular formula is C25H26N2O2. The standard InChI is InChI=1S/C25H26N2O2/c1-16-8-10-17(11-9-16)25-26-21-7-5-4-6-19(21)24-20-15-23(29-3)22(28-2)14-18(20)12-13-27(24)25/h4-11,14-15,24-26H,12-13H2,1-3H3/t24-,25-/m1/s1. The number of nitrogens with one attached hydrogen (secondary N) is 1. The van der Waals surface area contributed by atoms with Crippen LogP contribution in [0.4, 0.5) is 5.69 Å². The number of benzene rings is 3. The van der Waals surface area contributed by atoms with Gasteiger partial charge < -0.3 is 14.8 Å². The smallest absolute Gasteiger partial charge is 0.161 e. The number of rotatable bonds is 3. The molecule has 2 heterocycles. The van der Waals surface area contributed by atoms with E-state index in [0.717, 1.165) is 24.5 Å². The molecule has 0 fully saturated rings. The third kappa shape index (κ3) is 2.95. The molecule has 0 bridgehead atoms. The van der Waals surface area contributed by atoms with E-state index in [0.29, 0.717) is 0 Å². The zero-order valence-corrected chi connectivity index (χ0v) is 17.1. The van der Waals surface area contributed by atoms with E-state index < -0.39 is 0 Å². The van der Waals surface area contributed by atoms with Crippen LogP contribution in [0.1, 0.15) is 40.0 Å². The topological polar surface area (TPSA) is 33.7 Å². The minimum atomic E-state index is 0.136. The van der Waals surface area contributed by atoms with E-state index in [1.165, 1.54) is 33.5 Å². The van der Waals surface area contributed by atoms with Crippen molar-refractivity contribution in [1.82, 2.24) is 4.90 Å². The first-order valence-electron chi connectivity index (χ1n) is 10.1. The summed E-state index contributed by atoms with van der Waals surface area (Å²) in [6, 6.07) is 22.0. The molecule has 3 aromatic rings. The molecule has 0 saturated heterocycles. The number of aryl methyl sites for hydroxylation is 1. The first kappa shape index (κ1) is 18.1. The van der Waals surface area contributed by atoms with E-state index >= 15 is 0 Å². The minimum Gasteiger partial charge on any atom is -0.493 e. The Balaban J connectivity index is 1.67. The molecule has 4 nitrogen and oxygen atoms in total. The van der Waals surface area contributed by atoms with Crippen LogP contribution in [-0.2, 0) is 6.42 Å². The molecule has 5 rings (SSSR count). The Kier molecular flexibility index (Phi) is 4.44. The van der Waals surface area contributed by atoms with Gasteiger partial charge in [-0.2, -0.15) is 0 Å². The predicted octanol–water partition coefficient (Wildman–Crippen LogP) is 5.08. The maximum atomic E-state index is 5.64. The molecule has 0 amide bonds. The molecule has 0 spiro atoms. The van der Waals surface area contributed by atoms with E-state index in [1.54, 1.807) is 14.2 Å². The molecule has 1 N–H and O–H groups in total. The van der Waals surface area contributed by atoms with Gasteiger partial charge in [-0.25, -0.2) is 0 Å². The summed E-state index contributed by atoms with van der Waals surface area (Å²) in [5, 5.41) is 3.78. The molecular weight excluding hydrogens is 360 g/mol. The van der Waals surface area contributed by atoms with Gasteiger partial charge in [0.25, 0.3) is 0 Å². The highest BCUT2D eigenvalue weighted by molar-refractivity contribution is 5.61. The Hall–Kier alpha value is -2.98. The van der Waals surface area contributed by atoms with Crippen LogP contribution < -0.4 is 14.8 Å². The SMILES string of the molecule is COc1cc2c(cc1OC)[C@H]1c3ccccc3N[C@@H](c3ccc(C)cc3)N1CC2. The average molecular weight is 386 g/mol. The summed E-state index contributed by atoms with van der Waals surface area (Å²) in [7, 11) is 3.41. The molecule has 2 atom stereocenters. The van der Waals surface area contributed by atoms with E-state index in [-0.39, 0.29) is 12.2 Å². The van der Waals surface area contributed by atoms with Gasteiger partial charge in [0, 0.05) is 12.2 Å². The van der Waals surface area contributed by atoms with Gasteiger partial charge in [0.05, 0.1) is 20.3 Å². The quantitative estimate of drug-likeness (QED) is 0.680. The highest BCUT2D eigenvalue weighted by atomic mass is 16.5. The Morgan fingerprint density at radius 3 is 2.38 bits per heavy atom. The Morgan fingerprint density at radius 1 is 0.897 bits per heavy atom. The van der Waals surface area contributed by atoms with Gasteiger partial charge >= 0.3 is 0 Å². The van der Waals surface area contributed by atoms with Gasteiger partial charge in [-0.1, -0.05) is 48.0 Å². The van der Waals surface area contributed by atoms with Crippen molar-refractivity contribution in [2.45, 2.75) is 25.6 Å². The normalized spacial score (nSPS) is 20.1. The fourth-order valence-corrected chi connectivity index (χ4v) is 4.71. The largest absolute Gasteiger partial charge is 0.493 e. The highest BCUT2D eigenvalue weighted by Gasteiger charge is 2.39. The molecule has 29 heavy (non-hydrogen) atoms. The molecule has 148 valence electrons. The van der Waals surface area contributed by atoms with Crippen molar-refractivity contribution in [3.05, 3.63) is 88.5 Å². The fraction of sp³-hybridized carbons (Fsp3) is 0.280. The summed E-state index contributed by atoms with van der Waals surface area (Å²) in [6.07, 6.45) is 1.12. The van der Waals surface area contributed by atoms with Crippen molar-refractivity contribution in [2.24, 2.45) is 0 Å². The van der Waals surface area contributed by atoms with E-state index in [9.17, 15) is 0 Å². The van der Waals surface area contributed by atoms with E-state index in [1.807, 2.05) is 0 Å². The van der Waals surface area contributed by atoms with Crippen molar-refractivity contribution in [3.63, 3.8) is 0 Å². The number of ether oxygens (including phenoxy) is 2. The molecule has 3 aromatic carbocycles. The molecule has 0 radical (unpaired) electrons. The second-order valence-corrected chi connectivity index (χ2v) is 7.84. The lowest BCUT2D eigenvalue weighted by molar-refractivity contribution is 0.153. The van der Waals surface area contributed by atoms with Crippen LogP contribution in [0.5, 0.6) is 11.5 Å². The molecule has 0 saturated carbocycles. The monoisotopic (exact) mass is 386 g/mol. The van der Waals surface area contributed by atoms with Gasteiger partial charge in [0.2, 0.25) is 0 Å². The summed E-state index contributed by atoms with van der Waals surface area (Å²) in [5.41, 5.74) is 7.72. The van der Waals surface area contributed by atoms with Gasteiger partial charge in [-0.3, -0.25) is 4.90 Å². The summed E-state index contributed by atoms with van der Waals surface area (Å²) in [6.45, 7) is 3.11. The van der Waals surface area contributed by atoms with Gasteiger partial charge in [0.15, 0.2) is 11.5 Å². The second-order valence-electron chi connectivity index (χ2n) is 7.84. The lowest BCUT2D eigenvalue weighted by Gasteiger charge is -2.47. The predicted molar refractivity (Wildman–Crippen MR) is 116 cm³/mol. The van der Waals surface area contributed by atoms with Crippen molar-refractivity contribution in [2.75, 3.05) is 26.1 Å². The van der Waals surface area contributed by atoms with Crippen molar-refractivity contribution in [3.8, 4) is 11.5 Å². The Bertz CT molecular complexity index is 1050. The number of nitrogens with zero attached hydrogens (tertiary/aromatic N) is 1. The lowest BCUT2D eigenvalue weighted by Crippen LogP contribution is -2.45. The zero-order valence-electron chi connectivity index (χ0n) is 17.1. The van der Waals surface area contributed by atoms with Crippen LogP contribution in [0.25, 0.3) is 0 Å². The minimum absolute atomic E-state index is 0.136. The third-order valence-corrected chi connectivity index (χ3v) is 6.18. The molecule has 0 aromatic heterocycles. The number of fused-ring (bicyclic) bond motifs is 5. The van der Waals surface area contributed by atoms with Crippen molar-refractivity contribution >= 4 is 5.69 Å². The van der Waals surface area contributed by atoms with Gasteiger partial charge in [-0.15, -0.1) is 0 Å².